The molecule has 0 aromatic carbocycles. The van der Waals surface area contributed by atoms with E-state index in [0.29, 0.717) is 17.1 Å². The predicted molar refractivity (Wildman–Crippen MR) is 70.9 cm³/mol. The third-order valence-electron chi connectivity index (χ3n) is 3.71. The summed E-state index contributed by atoms with van der Waals surface area (Å²) in [6, 6.07) is 4.58. The zero-order valence-electron chi connectivity index (χ0n) is 10.3. The summed E-state index contributed by atoms with van der Waals surface area (Å²) < 4.78 is 0. The molecular formula is C13H20ClN3. The lowest BCUT2D eigenvalue weighted by molar-refractivity contribution is 0.193. The molecule has 0 radical (unpaired) electrons. The smallest absolute Gasteiger partial charge is 0.129 e. The SMILES string of the molecule is CN(Cc1ccnc(Cl)c1)C1CCCC1CN. The number of rotatable bonds is 4. The molecule has 1 heterocycles. The molecule has 1 aromatic rings. The van der Waals surface area contributed by atoms with E-state index in [4.69, 9.17) is 17.3 Å². The van der Waals surface area contributed by atoms with Crippen molar-refractivity contribution in [3.05, 3.63) is 29.0 Å². The van der Waals surface area contributed by atoms with Gasteiger partial charge >= 0.3 is 0 Å². The van der Waals surface area contributed by atoms with Crippen molar-refractivity contribution in [2.24, 2.45) is 11.7 Å². The largest absolute Gasteiger partial charge is 0.330 e. The monoisotopic (exact) mass is 253 g/mol. The number of hydrogen-bond donors (Lipinski definition) is 1. The minimum atomic E-state index is 0.567. The Morgan fingerprint density at radius 3 is 3.06 bits per heavy atom. The average Bonchev–Trinajstić information content (AvgIpc) is 2.77. The third kappa shape index (κ3) is 3.18. The van der Waals surface area contributed by atoms with Crippen molar-refractivity contribution < 1.29 is 0 Å². The van der Waals surface area contributed by atoms with Crippen molar-refractivity contribution in [1.29, 1.82) is 0 Å². The molecule has 2 rings (SSSR count). The predicted octanol–water partition coefficient (Wildman–Crippen LogP) is 2.29. The maximum absolute atomic E-state index is 5.89. The van der Waals surface area contributed by atoms with Crippen molar-refractivity contribution in [3.63, 3.8) is 0 Å². The molecule has 3 nitrogen and oxygen atoms in total. The van der Waals surface area contributed by atoms with Crippen LogP contribution in [0.3, 0.4) is 0 Å². The molecule has 1 saturated carbocycles. The number of aromatic nitrogens is 1. The van der Waals surface area contributed by atoms with Crippen LogP contribution in [-0.2, 0) is 6.54 Å². The Morgan fingerprint density at radius 2 is 2.35 bits per heavy atom. The summed E-state index contributed by atoms with van der Waals surface area (Å²) in [5.41, 5.74) is 7.04. The van der Waals surface area contributed by atoms with Crippen molar-refractivity contribution in [2.45, 2.75) is 31.8 Å². The van der Waals surface area contributed by atoms with Crippen LogP contribution in [0.5, 0.6) is 0 Å². The summed E-state index contributed by atoms with van der Waals surface area (Å²) in [6.45, 7) is 1.72. The van der Waals surface area contributed by atoms with Gasteiger partial charge in [-0.3, -0.25) is 4.90 Å². The van der Waals surface area contributed by atoms with Gasteiger partial charge in [0, 0.05) is 18.8 Å². The van der Waals surface area contributed by atoms with Crippen LogP contribution in [0.4, 0.5) is 0 Å². The van der Waals surface area contributed by atoms with Crippen molar-refractivity contribution in [1.82, 2.24) is 9.88 Å². The van der Waals surface area contributed by atoms with E-state index in [2.05, 4.69) is 16.9 Å². The van der Waals surface area contributed by atoms with Gasteiger partial charge in [0.2, 0.25) is 0 Å². The zero-order chi connectivity index (χ0) is 12.3. The van der Waals surface area contributed by atoms with E-state index in [-0.39, 0.29) is 0 Å². The van der Waals surface area contributed by atoms with E-state index < -0.39 is 0 Å². The highest BCUT2D eigenvalue weighted by Crippen LogP contribution is 2.29. The summed E-state index contributed by atoms with van der Waals surface area (Å²) in [4.78, 5) is 6.40. The van der Waals surface area contributed by atoms with Gasteiger partial charge < -0.3 is 5.73 Å². The summed E-state index contributed by atoms with van der Waals surface area (Å²) >= 11 is 5.89. The standard InChI is InChI=1S/C13H20ClN3/c1-17(12-4-2-3-11(12)8-15)9-10-5-6-16-13(14)7-10/h5-7,11-12H,2-4,8-9,15H2,1H3. The fourth-order valence-electron chi connectivity index (χ4n) is 2.82. The lowest BCUT2D eigenvalue weighted by atomic mass is 10.0. The molecule has 1 aromatic heterocycles. The lowest BCUT2D eigenvalue weighted by Crippen LogP contribution is -2.37. The summed E-state index contributed by atoms with van der Waals surface area (Å²) in [5.74, 6) is 0.650. The lowest BCUT2D eigenvalue weighted by Gasteiger charge is -2.29. The highest BCUT2D eigenvalue weighted by atomic mass is 35.5. The first kappa shape index (κ1) is 12.8. The fraction of sp³-hybridized carbons (Fsp3) is 0.615. The topological polar surface area (TPSA) is 42.2 Å². The van der Waals surface area contributed by atoms with E-state index in [1.54, 1.807) is 6.20 Å². The Morgan fingerprint density at radius 1 is 1.53 bits per heavy atom. The normalized spacial score (nSPS) is 24.5. The van der Waals surface area contributed by atoms with Crippen LogP contribution < -0.4 is 5.73 Å². The Bertz CT molecular complexity index is 369. The average molecular weight is 254 g/mol. The van der Waals surface area contributed by atoms with E-state index >= 15 is 0 Å². The molecular weight excluding hydrogens is 234 g/mol. The maximum Gasteiger partial charge on any atom is 0.129 e. The van der Waals surface area contributed by atoms with Crippen LogP contribution in [-0.4, -0.2) is 29.5 Å². The first-order chi connectivity index (χ1) is 8.20. The second-order valence-electron chi connectivity index (χ2n) is 4.90. The van der Waals surface area contributed by atoms with Gasteiger partial charge in [0.05, 0.1) is 0 Å². The minimum Gasteiger partial charge on any atom is -0.330 e. The van der Waals surface area contributed by atoms with E-state index in [9.17, 15) is 0 Å². The number of halogens is 1. The van der Waals surface area contributed by atoms with Crippen molar-refractivity contribution >= 4 is 11.6 Å². The molecule has 1 aliphatic carbocycles. The molecule has 2 atom stereocenters. The van der Waals surface area contributed by atoms with Crippen molar-refractivity contribution in [3.8, 4) is 0 Å². The Balaban J connectivity index is 1.99. The Kier molecular flexibility index (Phi) is 4.37. The molecule has 1 aliphatic rings. The Labute approximate surface area is 108 Å². The molecule has 0 aliphatic heterocycles. The second-order valence-corrected chi connectivity index (χ2v) is 5.28. The van der Waals surface area contributed by atoms with Gasteiger partial charge in [0.15, 0.2) is 0 Å². The maximum atomic E-state index is 5.89. The van der Waals surface area contributed by atoms with E-state index in [0.717, 1.165) is 13.1 Å². The number of nitrogens with two attached hydrogens (primary N) is 1. The molecule has 0 amide bonds. The Hall–Kier alpha value is -0.640. The molecule has 0 spiro atoms. The van der Waals surface area contributed by atoms with Gasteiger partial charge in [0.25, 0.3) is 0 Å². The van der Waals surface area contributed by atoms with Crippen LogP contribution in [0.25, 0.3) is 0 Å². The summed E-state index contributed by atoms with van der Waals surface area (Å²) in [5, 5.41) is 0.567. The quantitative estimate of drug-likeness (QED) is 0.838. The van der Waals surface area contributed by atoms with Gasteiger partial charge in [-0.15, -0.1) is 0 Å². The molecule has 2 N–H and O–H groups in total. The number of pyridine rings is 1. The van der Waals surface area contributed by atoms with Gasteiger partial charge in [0.1, 0.15) is 5.15 Å². The van der Waals surface area contributed by atoms with Gasteiger partial charge in [-0.1, -0.05) is 18.0 Å². The van der Waals surface area contributed by atoms with Crippen LogP contribution in [0, 0.1) is 5.92 Å². The first-order valence-electron chi connectivity index (χ1n) is 6.21. The zero-order valence-corrected chi connectivity index (χ0v) is 11.0. The van der Waals surface area contributed by atoms with Crippen LogP contribution >= 0.6 is 11.6 Å². The third-order valence-corrected chi connectivity index (χ3v) is 3.92. The van der Waals surface area contributed by atoms with E-state index in [1.807, 2.05) is 12.1 Å². The molecule has 1 fully saturated rings. The molecule has 94 valence electrons. The molecule has 0 saturated heterocycles. The second kappa shape index (κ2) is 5.80. The van der Waals surface area contributed by atoms with Crippen molar-refractivity contribution in [2.75, 3.05) is 13.6 Å². The summed E-state index contributed by atoms with van der Waals surface area (Å²) in [6.07, 6.45) is 5.59. The molecule has 4 heteroatoms. The summed E-state index contributed by atoms with van der Waals surface area (Å²) in [7, 11) is 2.17. The number of nitrogens with zero attached hydrogens (tertiary/aromatic N) is 2. The van der Waals surface area contributed by atoms with Crippen LogP contribution in [0.2, 0.25) is 5.15 Å². The highest BCUT2D eigenvalue weighted by molar-refractivity contribution is 6.29. The van der Waals surface area contributed by atoms with Gasteiger partial charge in [-0.2, -0.15) is 0 Å². The van der Waals surface area contributed by atoms with E-state index in [1.165, 1.54) is 24.8 Å². The van der Waals surface area contributed by atoms with Gasteiger partial charge in [-0.25, -0.2) is 4.98 Å². The molecule has 2 unspecified atom stereocenters. The molecule has 17 heavy (non-hydrogen) atoms. The first-order valence-corrected chi connectivity index (χ1v) is 6.59. The molecule has 0 bridgehead atoms. The van der Waals surface area contributed by atoms with Gasteiger partial charge in [-0.05, 0) is 50.0 Å². The van der Waals surface area contributed by atoms with Crippen LogP contribution in [0.15, 0.2) is 18.3 Å². The number of hydrogen-bond acceptors (Lipinski definition) is 3. The minimum absolute atomic E-state index is 0.567. The fourth-order valence-corrected chi connectivity index (χ4v) is 3.02. The van der Waals surface area contributed by atoms with Crippen LogP contribution in [0.1, 0.15) is 24.8 Å². The highest BCUT2D eigenvalue weighted by Gasteiger charge is 2.29.